The Balaban J connectivity index is 1.84. The number of carbonyl (C=O) groups excluding carboxylic acids is 2. The van der Waals surface area contributed by atoms with E-state index in [0.29, 0.717) is 19.2 Å². The fraction of sp³-hybridized carbons (Fsp3) is 0.500. The van der Waals surface area contributed by atoms with Gasteiger partial charge in [-0.25, -0.2) is 13.6 Å². The summed E-state index contributed by atoms with van der Waals surface area (Å²) in [6.45, 7) is 1.09. The SMILES string of the molecule is NCC1CCCC1NC(=O)c1cc(N2CCNC2=O)c(F)cc1F. The van der Waals surface area contributed by atoms with Crippen molar-refractivity contribution in [3.8, 4) is 0 Å². The summed E-state index contributed by atoms with van der Waals surface area (Å²) in [7, 11) is 0. The summed E-state index contributed by atoms with van der Waals surface area (Å²) in [6.07, 6.45) is 2.67. The number of anilines is 1. The Morgan fingerprint density at radius 1 is 1.33 bits per heavy atom. The Hall–Kier alpha value is -2.22. The Labute approximate surface area is 138 Å². The van der Waals surface area contributed by atoms with Crippen molar-refractivity contribution in [3.63, 3.8) is 0 Å². The Morgan fingerprint density at radius 3 is 2.79 bits per heavy atom. The van der Waals surface area contributed by atoms with Gasteiger partial charge in [-0.3, -0.25) is 9.69 Å². The van der Waals surface area contributed by atoms with Crippen molar-refractivity contribution >= 4 is 17.6 Å². The third-order valence-electron chi connectivity index (χ3n) is 4.71. The summed E-state index contributed by atoms with van der Waals surface area (Å²) in [5, 5.41) is 5.33. The van der Waals surface area contributed by atoms with Crippen molar-refractivity contribution in [2.75, 3.05) is 24.5 Å². The summed E-state index contributed by atoms with van der Waals surface area (Å²) in [5.41, 5.74) is 5.32. The average Bonchev–Trinajstić information content (AvgIpc) is 3.16. The van der Waals surface area contributed by atoms with Crippen LogP contribution < -0.4 is 21.3 Å². The molecule has 4 N–H and O–H groups in total. The normalized spacial score (nSPS) is 23.5. The Bertz CT molecular complexity index is 668. The molecule has 1 aliphatic carbocycles. The van der Waals surface area contributed by atoms with Gasteiger partial charge >= 0.3 is 6.03 Å². The first-order chi connectivity index (χ1) is 11.5. The Kier molecular flexibility index (Phi) is 4.66. The molecule has 3 amide bonds. The summed E-state index contributed by atoms with van der Waals surface area (Å²) in [5.74, 6) is -2.27. The molecule has 0 aromatic heterocycles. The minimum Gasteiger partial charge on any atom is -0.349 e. The van der Waals surface area contributed by atoms with Gasteiger partial charge in [-0.15, -0.1) is 0 Å². The smallest absolute Gasteiger partial charge is 0.322 e. The van der Waals surface area contributed by atoms with Crippen LogP contribution in [0.25, 0.3) is 0 Å². The largest absolute Gasteiger partial charge is 0.349 e. The summed E-state index contributed by atoms with van der Waals surface area (Å²) in [6, 6.07) is 1.17. The molecule has 1 heterocycles. The molecule has 130 valence electrons. The first kappa shape index (κ1) is 16.6. The second-order valence-corrected chi connectivity index (χ2v) is 6.17. The molecule has 2 fully saturated rings. The number of nitrogens with one attached hydrogen (secondary N) is 2. The van der Waals surface area contributed by atoms with Gasteiger partial charge < -0.3 is 16.4 Å². The molecule has 0 bridgehead atoms. The summed E-state index contributed by atoms with van der Waals surface area (Å²) < 4.78 is 28.1. The van der Waals surface area contributed by atoms with Crippen LogP contribution in [0.3, 0.4) is 0 Å². The van der Waals surface area contributed by atoms with Crippen molar-refractivity contribution in [3.05, 3.63) is 29.3 Å². The highest BCUT2D eigenvalue weighted by Crippen LogP contribution is 2.27. The van der Waals surface area contributed by atoms with Crippen molar-refractivity contribution in [1.29, 1.82) is 0 Å². The number of amides is 3. The fourth-order valence-electron chi connectivity index (χ4n) is 3.37. The molecule has 1 aliphatic heterocycles. The molecular formula is C16H20F2N4O2. The first-order valence-corrected chi connectivity index (χ1v) is 8.06. The van der Waals surface area contributed by atoms with Crippen LogP contribution in [-0.2, 0) is 0 Å². The van der Waals surface area contributed by atoms with E-state index in [2.05, 4.69) is 10.6 Å². The van der Waals surface area contributed by atoms with E-state index in [1.165, 1.54) is 0 Å². The van der Waals surface area contributed by atoms with E-state index in [0.717, 1.165) is 30.2 Å². The van der Waals surface area contributed by atoms with Crippen LogP contribution >= 0.6 is 0 Å². The van der Waals surface area contributed by atoms with E-state index < -0.39 is 23.6 Å². The standard InChI is InChI=1S/C16H20F2N4O2/c17-11-7-12(18)14(22-5-4-20-16(22)24)6-10(11)15(23)21-13-3-1-2-9(13)8-19/h6-7,9,13H,1-5,8,19H2,(H,20,24)(H,21,23). The van der Waals surface area contributed by atoms with Gasteiger partial charge in [0.25, 0.3) is 5.91 Å². The predicted molar refractivity (Wildman–Crippen MR) is 84.8 cm³/mol. The number of benzene rings is 1. The van der Waals surface area contributed by atoms with Crippen LogP contribution in [0, 0.1) is 17.6 Å². The third kappa shape index (κ3) is 3.06. The van der Waals surface area contributed by atoms with E-state index in [-0.39, 0.29) is 29.8 Å². The van der Waals surface area contributed by atoms with Gasteiger partial charge in [-0.1, -0.05) is 6.42 Å². The van der Waals surface area contributed by atoms with Crippen molar-refractivity contribution in [2.24, 2.45) is 11.7 Å². The zero-order chi connectivity index (χ0) is 17.3. The molecule has 1 aromatic carbocycles. The van der Waals surface area contributed by atoms with Gasteiger partial charge in [0.2, 0.25) is 0 Å². The molecule has 0 spiro atoms. The quantitative estimate of drug-likeness (QED) is 0.774. The van der Waals surface area contributed by atoms with Crippen LogP contribution in [0.5, 0.6) is 0 Å². The number of halogens is 2. The molecule has 1 saturated carbocycles. The highest BCUT2D eigenvalue weighted by atomic mass is 19.1. The maximum Gasteiger partial charge on any atom is 0.322 e. The highest BCUT2D eigenvalue weighted by Gasteiger charge is 2.30. The van der Waals surface area contributed by atoms with Crippen LogP contribution in [-0.4, -0.2) is 37.6 Å². The summed E-state index contributed by atoms with van der Waals surface area (Å²) in [4.78, 5) is 25.3. The molecular weight excluding hydrogens is 318 g/mol. The van der Waals surface area contributed by atoms with Crippen LogP contribution in [0.4, 0.5) is 19.3 Å². The van der Waals surface area contributed by atoms with E-state index in [4.69, 9.17) is 5.73 Å². The number of urea groups is 1. The molecule has 2 unspecified atom stereocenters. The maximum absolute atomic E-state index is 14.1. The molecule has 8 heteroatoms. The van der Waals surface area contributed by atoms with Gasteiger partial charge in [-0.05, 0) is 31.4 Å². The molecule has 0 radical (unpaired) electrons. The Morgan fingerprint density at radius 2 is 2.12 bits per heavy atom. The molecule has 1 saturated heterocycles. The van der Waals surface area contributed by atoms with Crippen LogP contribution in [0.2, 0.25) is 0 Å². The van der Waals surface area contributed by atoms with Gasteiger partial charge in [0.05, 0.1) is 11.3 Å². The molecule has 3 rings (SSSR count). The maximum atomic E-state index is 14.1. The second-order valence-electron chi connectivity index (χ2n) is 6.17. The first-order valence-electron chi connectivity index (χ1n) is 8.06. The zero-order valence-corrected chi connectivity index (χ0v) is 13.1. The fourth-order valence-corrected chi connectivity index (χ4v) is 3.37. The molecule has 2 aliphatic rings. The zero-order valence-electron chi connectivity index (χ0n) is 13.1. The minimum atomic E-state index is -0.948. The lowest BCUT2D eigenvalue weighted by Crippen LogP contribution is -2.40. The number of nitrogens with zero attached hydrogens (tertiary/aromatic N) is 1. The highest BCUT2D eigenvalue weighted by molar-refractivity contribution is 5.99. The average molecular weight is 338 g/mol. The second kappa shape index (κ2) is 6.72. The number of nitrogens with two attached hydrogens (primary N) is 1. The van der Waals surface area contributed by atoms with Gasteiger partial charge in [0, 0.05) is 25.2 Å². The van der Waals surface area contributed by atoms with Crippen molar-refractivity contribution in [2.45, 2.75) is 25.3 Å². The monoisotopic (exact) mass is 338 g/mol. The number of hydrogen-bond acceptors (Lipinski definition) is 3. The molecule has 6 nitrogen and oxygen atoms in total. The van der Waals surface area contributed by atoms with Crippen LogP contribution in [0.1, 0.15) is 29.6 Å². The van der Waals surface area contributed by atoms with E-state index in [1.54, 1.807) is 0 Å². The lowest BCUT2D eigenvalue weighted by atomic mass is 10.0. The number of rotatable bonds is 4. The summed E-state index contributed by atoms with van der Waals surface area (Å²) >= 11 is 0. The van der Waals surface area contributed by atoms with Gasteiger partial charge in [0.1, 0.15) is 11.6 Å². The van der Waals surface area contributed by atoms with Gasteiger partial charge in [0.15, 0.2) is 0 Å². The molecule has 24 heavy (non-hydrogen) atoms. The topological polar surface area (TPSA) is 87.5 Å². The van der Waals surface area contributed by atoms with E-state index >= 15 is 0 Å². The van der Waals surface area contributed by atoms with Crippen molar-refractivity contribution in [1.82, 2.24) is 10.6 Å². The van der Waals surface area contributed by atoms with E-state index in [1.807, 2.05) is 0 Å². The van der Waals surface area contributed by atoms with Crippen LogP contribution in [0.15, 0.2) is 12.1 Å². The minimum absolute atomic E-state index is 0.0988. The van der Waals surface area contributed by atoms with Gasteiger partial charge in [-0.2, -0.15) is 0 Å². The third-order valence-corrected chi connectivity index (χ3v) is 4.71. The van der Waals surface area contributed by atoms with E-state index in [9.17, 15) is 18.4 Å². The predicted octanol–water partition coefficient (Wildman–Crippen LogP) is 1.35. The lowest BCUT2D eigenvalue weighted by molar-refractivity contribution is 0.0924. The van der Waals surface area contributed by atoms with Crippen molar-refractivity contribution < 1.29 is 18.4 Å². The molecule has 1 aromatic rings. The lowest BCUT2D eigenvalue weighted by Gasteiger charge is -2.21. The molecule has 2 atom stereocenters. The number of carbonyl (C=O) groups is 2. The number of hydrogen-bond donors (Lipinski definition) is 3.